The number of rotatable bonds is 3. The molecule has 41 heavy (non-hydrogen) atoms. The molecule has 0 fully saturated rings. The van der Waals surface area contributed by atoms with Crippen LogP contribution < -0.4 is 0 Å². The van der Waals surface area contributed by atoms with E-state index in [1.807, 2.05) is 6.07 Å². The molecule has 0 N–H and O–H groups in total. The molecule has 4 aromatic carbocycles. The van der Waals surface area contributed by atoms with E-state index in [0.717, 1.165) is 31.2 Å². The Morgan fingerprint density at radius 3 is 2.41 bits per heavy atom. The normalized spacial score (nSPS) is 19.4. The SMILES string of the molecule is Cc1ccc(C2(c3ccc4c(c3)c3ccccc3n4C3=CC=CCC3)C3=C(CCC=C3)c3cc(C#N)ccc32)cc1. The summed E-state index contributed by atoms with van der Waals surface area (Å²) in [6.07, 6.45) is 15.5. The smallest absolute Gasteiger partial charge is 0.0991 e. The lowest BCUT2D eigenvalue weighted by molar-refractivity contribution is 0.757. The number of para-hydroxylation sites is 1. The lowest BCUT2D eigenvalue weighted by atomic mass is 9.66. The van der Waals surface area contributed by atoms with Gasteiger partial charge in [0.2, 0.25) is 0 Å². The van der Waals surface area contributed by atoms with Gasteiger partial charge in [-0.2, -0.15) is 5.26 Å². The molecule has 1 heterocycles. The van der Waals surface area contributed by atoms with Crippen molar-refractivity contribution in [2.45, 2.75) is 38.0 Å². The highest BCUT2D eigenvalue weighted by Crippen LogP contribution is 2.57. The Labute approximate surface area is 240 Å². The fraction of sp³-hybridized carbons (Fsp3) is 0.154. The highest BCUT2D eigenvalue weighted by Gasteiger charge is 2.47. The Balaban J connectivity index is 1.48. The van der Waals surface area contributed by atoms with Crippen LogP contribution in [0.25, 0.3) is 33.1 Å². The molecule has 3 aliphatic rings. The second-order valence-corrected chi connectivity index (χ2v) is 11.5. The number of allylic oxidation sites excluding steroid dienone is 8. The third kappa shape index (κ3) is 3.36. The number of nitrogens with zero attached hydrogens (tertiary/aromatic N) is 2. The van der Waals surface area contributed by atoms with Crippen LogP contribution in [0.1, 0.15) is 59.1 Å². The molecule has 0 saturated carbocycles. The molecule has 3 aliphatic carbocycles. The Hall–Kier alpha value is -4.87. The van der Waals surface area contributed by atoms with Crippen LogP contribution in [-0.2, 0) is 5.41 Å². The van der Waals surface area contributed by atoms with Crippen LogP contribution in [0.5, 0.6) is 0 Å². The van der Waals surface area contributed by atoms with Gasteiger partial charge < -0.3 is 4.57 Å². The van der Waals surface area contributed by atoms with Crippen LogP contribution in [0.3, 0.4) is 0 Å². The number of benzene rings is 4. The number of hydrogen-bond acceptors (Lipinski definition) is 1. The van der Waals surface area contributed by atoms with E-state index >= 15 is 0 Å². The summed E-state index contributed by atoms with van der Waals surface area (Å²) in [7, 11) is 0. The molecular formula is C39H30N2. The zero-order valence-corrected chi connectivity index (χ0v) is 23.2. The first-order valence-corrected chi connectivity index (χ1v) is 14.6. The zero-order chi connectivity index (χ0) is 27.6. The van der Waals surface area contributed by atoms with Gasteiger partial charge in [0, 0.05) is 16.5 Å². The molecule has 1 unspecified atom stereocenters. The van der Waals surface area contributed by atoms with Crippen LogP contribution >= 0.6 is 0 Å². The Kier molecular flexibility index (Phi) is 5.31. The second-order valence-electron chi connectivity index (χ2n) is 11.5. The first kappa shape index (κ1) is 24.0. The topological polar surface area (TPSA) is 28.7 Å². The van der Waals surface area contributed by atoms with Crippen molar-refractivity contribution in [1.29, 1.82) is 5.26 Å². The van der Waals surface area contributed by atoms with E-state index < -0.39 is 5.41 Å². The van der Waals surface area contributed by atoms with Gasteiger partial charge in [-0.1, -0.05) is 84.5 Å². The van der Waals surface area contributed by atoms with Gasteiger partial charge in [-0.3, -0.25) is 0 Å². The van der Waals surface area contributed by atoms with Crippen molar-refractivity contribution in [3.8, 4) is 6.07 Å². The fourth-order valence-corrected chi connectivity index (χ4v) is 7.51. The standard InChI is InChI=1S/C39H30N2/c1-26-15-18-28(19-16-26)39(35-13-7-5-11-31(35)33-23-27(25-40)17-21-36(33)39)29-20-22-38-34(24-29)32-12-6-8-14-37(32)41(38)30-9-3-2-4-10-30/h2-3,6-9,12-24H,4-5,10-11H2,1H3. The van der Waals surface area contributed by atoms with Gasteiger partial charge in [0.05, 0.1) is 28.1 Å². The molecular weight excluding hydrogens is 496 g/mol. The average Bonchev–Trinajstić information content (AvgIpc) is 3.52. The molecule has 0 radical (unpaired) electrons. The minimum atomic E-state index is -0.451. The Morgan fingerprint density at radius 2 is 1.59 bits per heavy atom. The lowest BCUT2D eigenvalue weighted by Gasteiger charge is -2.35. The molecule has 0 aliphatic heterocycles. The van der Waals surface area contributed by atoms with Crippen molar-refractivity contribution in [2.75, 3.05) is 0 Å². The summed E-state index contributed by atoms with van der Waals surface area (Å²) < 4.78 is 2.46. The maximum atomic E-state index is 9.80. The van der Waals surface area contributed by atoms with Crippen molar-refractivity contribution in [1.82, 2.24) is 4.57 Å². The van der Waals surface area contributed by atoms with Gasteiger partial charge >= 0.3 is 0 Å². The van der Waals surface area contributed by atoms with Gasteiger partial charge in [-0.25, -0.2) is 0 Å². The summed E-state index contributed by atoms with van der Waals surface area (Å²) >= 11 is 0. The maximum absolute atomic E-state index is 9.80. The third-order valence-electron chi connectivity index (χ3n) is 9.32. The predicted molar refractivity (Wildman–Crippen MR) is 170 cm³/mol. The lowest BCUT2D eigenvalue weighted by Crippen LogP contribution is -2.29. The summed E-state index contributed by atoms with van der Waals surface area (Å²) in [6, 6.07) is 33.8. The van der Waals surface area contributed by atoms with E-state index in [2.05, 4.69) is 127 Å². The minimum Gasteiger partial charge on any atom is -0.313 e. The highest BCUT2D eigenvalue weighted by molar-refractivity contribution is 6.10. The Bertz CT molecular complexity index is 2050. The number of aryl methyl sites for hydroxylation is 1. The number of fused-ring (bicyclic) bond motifs is 5. The molecule has 196 valence electrons. The highest BCUT2D eigenvalue weighted by atomic mass is 15.0. The van der Waals surface area contributed by atoms with Crippen LogP contribution in [0.2, 0.25) is 0 Å². The molecule has 8 rings (SSSR count). The van der Waals surface area contributed by atoms with Crippen LogP contribution in [0.4, 0.5) is 0 Å². The first-order valence-electron chi connectivity index (χ1n) is 14.6. The van der Waals surface area contributed by atoms with Gasteiger partial charge in [-0.15, -0.1) is 0 Å². The van der Waals surface area contributed by atoms with E-state index in [1.54, 1.807) is 0 Å². The van der Waals surface area contributed by atoms with E-state index in [-0.39, 0.29) is 0 Å². The quantitative estimate of drug-likeness (QED) is 0.230. The molecule has 1 aromatic heterocycles. The van der Waals surface area contributed by atoms with E-state index in [9.17, 15) is 5.26 Å². The van der Waals surface area contributed by atoms with Gasteiger partial charge in [0.25, 0.3) is 0 Å². The summed E-state index contributed by atoms with van der Waals surface area (Å²) in [5.41, 5.74) is 13.2. The third-order valence-corrected chi connectivity index (χ3v) is 9.32. The summed E-state index contributed by atoms with van der Waals surface area (Å²) in [4.78, 5) is 0. The molecule has 0 spiro atoms. The van der Waals surface area contributed by atoms with Crippen molar-refractivity contribution in [3.05, 3.63) is 154 Å². The van der Waals surface area contributed by atoms with Crippen LogP contribution in [0, 0.1) is 18.3 Å². The summed E-state index contributed by atoms with van der Waals surface area (Å²) in [5, 5.41) is 12.4. The average molecular weight is 527 g/mol. The number of hydrogen-bond donors (Lipinski definition) is 0. The molecule has 0 saturated heterocycles. The summed E-state index contributed by atoms with van der Waals surface area (Å²) in [5.74, 6) is 0. The number of aromatic nitrogens is 1. The monoisotopic (exact) mass is 526 g/mol. The van der Waals surface area contributed by atoms with Crippen molar-refractivity contribution >= 4 is 33.1 Å². The largest absolute Gasteiger partial charge is 0.313 e. The Morgan fingerprint density at radius 1 is 0.780 bits per heavy atom. The van der Waals surface area contributed by atoms with Gasteiger partial charge in [0.1, 0.15) is 0 Å². The molecule has 1 atom stereocenters. The minimum absolute atomic E-state index is 0.451. The maximum Gasteiger partial charge on any atom is 0.0991 e. The van der Waals surface area contributed by atoms with E-state index in [0.29, 0.717) is 0 Å². The van der Waals surface area contributed by atoms with E-state index in [1.165, 1.54) is 66.5 Å². The molecule has 2 nitrogen and oxygen atoms in total. The summed E-state index contributed by atoms with van der Waals surface area (Å²) in [6.45, 7) is 2.15. The van der Waals surface area contributed by atoms with E-state index in [4.69, 9.17) is 0 Å². The van der Waals surface area contributed by atoms with Gasteiger partial charge in [0.15, 0.2) is 0 Å². The fourth-order valence-electron chi connectivity index (χ4n) is 7.51. The molecule has 2 heteroatoms. The van der Waals surface area contributed by atoms with Crippen LogP contribution in [-0.4, -0.2) is 4.57 Å². The number of nitriles is 1. The van der Waals surface area contributed by atoms with Crippen molar-refractivity contribution < 1.29 is 0 Å². The molecule has 5 aromatic rings. The predicted octanol–water partition coefficient (Wildman–Crippen LogP) is 9.62. The van der Waals surface area contributed by atoms with Crippen LogP contribution in [0.15, 0.2) is 121 Å². The van der Waals surface area contributed by atoms with Gasteiger partial charge in [-0.05, 0) is 102 Å². The van der Waals surface area contributed by atoms with Crippen molar-refractivity contribution in [2.24, 2.45) is 0 Å². The van der Waals surface area contributed by atoms with Crippen molar-refractivity contribution in [3.63, 3.8) is 0 Å². The zero-order valence-electron chi connectivity index (χ0n) is 23.2. The first-order chi connectivity index (χ1) is 20.2. The molecule has 0 bridgehead atoms. The second kappa shape index (κ2) is 9.08. The molecule has 0 amide bonds.